The Morgan fingerprint density at radius 2 is 2.19 bits per heavy atom. The summed E-state index contributed by atoms with van der Waals surface area (Å²) in [5.74, 6) is 0. The summed E-state index contributed by atoms with van der Waals surface area (Å²) in [5, 5.41) is 0. The molecule has 0 amide bonds. The van der Waals surface area contributed by atoms with Crippen LogP contribution in [0.5, 0.6) is 0 Å². The molecule has 1 rings (SSSR count). The third kappa shape index (κ3) is 3.96. The third-order valence-electron chi connectivity index (χ3n) is 1.97. The first-order valence-electron chi connectivity index (χ1n) is 4.87. The molecule has 0 saturated heterocycles. The second-order valence-electron chi connectivity index (χ2n) is 3.23. The van der Waals surface area contributed by atoms with Gasteiger partial charge in [-0.2, -0.15) is 0 Å². The standard InChI is InChI=1S/C10H15BrN2O3/c1-15-4-5-16-3-2-13-7-8(12)6-9(11)10(13)14/h6-7H,2-5,12H2,1H3. The van der Waals surface area contributed by atoms with Gasteiger partial charge in [-0.15, -0.1) is 0 Å². The number of hydrogen-bond acceptors (Lipinski definition) is 4. The van der Waals surface area contributed by atoms with Crippen LogP contribution in [0.4, 0.5) is 5.69 Å². The summed E-state index contributed by atoms with van der Waals surface area (Å²) in [6.45, 7) is 2.01. The zero-order chi connectivity index (χ0) is 12.0. The van der Waals surface area contributed by atoms with Crippen molar-refractivity contribution in [3.8, 4) is 0 Å². The molecular weight excluding hydrogens is 276 g/mol. The highest BCUT2D eigenvalue weighted by Gasteiger charge is 2.02. The van der Waals surface area contributed by atoms with Crippen LogP contribution in [0.15, 0.2) is 21.5 Å². The van der Waals surface area contributed by atoms with Gasteiger partial charge >= 0.3 is 0 Å². The lowest BCUT2D eigenvalue weighted by Gasteiger charge is -2.08. The smallest absolute Gasteiger partial charge is 0.265 e. The number of nitrogens with zero attached hydrogens (tertiary/aromatic N) is 1. The number of methoxy groups -OCH3 is 1. The molecule has 16 heavy (non-hydrogen) atoms. The van der Waals surface area contributed by atoms with Crippen LogP contribution < -0.4 is 11.3 Å². The van der Waals surface area contributed by atoms with Crippen molar-refractivity contribution in [3.63, 3.8) is 0 Å². The first-order valence-corrected chi connectivity index (χ1v) is 5.66. The van der Waals surface area contributed by atoms with Crippen molar-refractivity contribution in [1.29, 1.82) is 0 Å². The molecule has 5 nitrogen and oxygen atoms in total. The van der Waals surface area contributed by atoms with Crippen LogP contribution in [0.3, 0.4) is 0 Å². The monoisotopic (exact) mass is 290 g/mol. The lowest BCUT2D eigenvalue weighted by atomic mass is 10.4. The number of pyridine rings is 1. The van der Waals surface area contributed by atoms with Gasteiger partial charge in [-0.1, -0.05) is 0 Å². The summed E-state index contributed by atoms with van der Waals surface area (Å²) in [7, 11) is 1.61. The predicted molar refractivity (Wildman–Crippen MR) is 65.5 cm³/mol. The minimum absolute atomic E-state index is 0.107. The highest BCUT2D eigenvalue weighted by Crippen LogP contribution is 2.07. The molecular formula is C10H15BrN2O3. The maximum atomic E-state index is 11.6. The molecule has 0 aliphatic heterocycles. The highest BCUT2D eigenvalue weighted by molar-refractivity contribution is 9.10. The van der Waals surface area contributed by atoms with Gasteiger partial charge in [0.2, 0.25) is 0 Å². The summed E-state index contributed by atoms with van der Waals surface area (Å²) in [5.41, 5.74) is 6.07. The van der Waals surface area contributed by atoms with Crippen molar-refractivity contribution in [3.05, 3.63) is 27.1 Å². The normalized spacial score (nSPS) is 10.6. The summed E-state index contributed by atoms with van der Waals surface area (Å²) in [6.07, 6.45) is 1.60. The molecule has 1 aromatic rings. The Balaban J connectivity index is 2.51. The number of hydrogen-bond donors (Lipinski definition) is 1. The molecule has 1 heterocycles. The minimum atomic E-state index is -0.107. The fraction of sp³-hybridized carbons (Fsp3) is 0.500. The topological polar surface area (TPSA) is 66.5 Å². The van der Waals surface area contributed by atoms with E-state index in [-0.39, 0.29) is 5.56 Å². The Morgan fingerprint density at radius 3 is 2.88 bits per heavy atom. The first-order chi connectivity index (χ1) is 7.65. The second-order valence-corrected chi connectivity index (χ2v) is 4.08. The third-order valence-corrected chi connectivity index (χ3v) is 2.54. The predicted octanol–water partition coefficient (Wildman–Crippen LogP) is 0.856. The summed E-state index contributed by atoms with van der Waals surface area (Å²) < 4.78 is 12.1. The number of anilines is 1. The molecule has 0 bridgehead atoms. The summed E-state index contributed by atoms with van der Waals surface area (Å²) in [6, 6.07) is 1.59. The van der Waals surface area contributed by atoms with E-state index in [1.54, 1.807) is 19.4 Å². The lowest BCUT2D eigenvalue weighted by Crippen LogP contribution is -2.23. The molecule has 90 valence electrons. The molecule has 0 atom stereocenters. The van der Waals surface area contributed by atoms with Crippen molar-refractivity contribution < 1.29 is 9.47 Å². The number of aromatic nitrogens is 1. The molecule has 0 aromatic carbocycles. The molecule has 0 radical (unpaired) electrons. The Kier molecular flexibility index (Phi) is 5.51. The molecule has 0 aliphatic rings. The molecule has 6 heteroatoms. The fourth-order valence-corrected chi connectivity index (χ4v) is 1.69. The van der Waals surface area contributed by atoms with Crippen LogP contribution in [-0.2, 0) is 16.0 Å². The maximum Gasteiger partial charge on any atom is 0.265 e. The molecule has 0 fully saturated rings. The van der Waals surface area contributed by atoms with Crippen LogP contribution in [-0.4, -0.2) is 31.5 Å². The van der Waals surface area contributed by atoms with Crippen LogP contribution in [0.2, 0.25) is 0 Å². The average molecular weight is 291 g/mol. The van der Waals surface area contributed by atoms with Crippen LogP contribution in [0.25, 0.3) is 0 Å². The Hall–Kier alpha value is -0.850. The van der Waals surface area contributed by atoms with Gasteiger partial charge in [0.25, 0.3) is 5.56 Å². The van der Waals surface area contributed by atoms with Crippen molar-refractivity contribution in [1.82, 2.24) is 4.57 Å². The van der Waals surface area contributed by atoms with E-state index >= 15 is 0 Å². The van der Waals surface area contributed by atoms with Gasteiger partial charge in [-0.05, 0) is 22.0 Å². The molecule has 2 N–H and O–H groups in total. The van der Waals surface area contributed by atoms with E-state index in [1.807, 2.05) is 0 Å². The van der Waals surface area contributed by atoms with Gasteiger partial charge in [0.05, 0.1) is 24.3 Å². The number of halogens is 1. The quantitative estimate of drug-likeness (QED) is 0.789. The van der Waals surface area contributed by atoms with Crippen LogP contribution >= 0.6 is 15.9 Å². The molecule has 0 saturated carbocycles. The number of rotatable bonds is 6. The van der Waals surface area contributed by atoms with E-state index in [2.05, 4.69) is 15.9 Å². The van der Waals surface area contributed by atoms with E-state index in [9.17, 15) is 4.79 Å². The number of nitrogen functional groups attached to an aromatic ring is 1. The SMILES string of the molecule is COCCOCCn1cc(N)cc(Br)c1=O. The Bertz CT molecular complexity index is 392. The molecule has 0 spiro atoms. The zero-order valence-corrected chi connectivity index (χ0v) is 10.7. The highest BCUT2D eigenvalue weighted by atomic mass is 79.9. The second kappa shape index (κ2) is 6.67. The number of ether oxygens (including phenoxy) is 2. The number of nitrogens with two attached hydrogens (primary N) is 1. The summed E-state index contributed by atoms with van der Waals surface area (Å²) >= 11 is 3.16. The van der Waals surface area contributed by atoms with E-state index in [1.165, 1.54) is 4.57 Å². The van der Waals surface area contributed by atoms with Crippen molar-refractivity contribution >= 4 is 21.6 Å². The van der Waals surface area contributed by atoms with Gasteiger partial charge < -0.3 is 19.8 Å². The zero-order valence-electron chi connectivity index (χ0n) is 9.11. The van der Waals surface area contributed by atoms with E-state index in [0.717, 1.165) is 0 Å². The van der Waals surface area contributed by atoms with Gasteiger partial charge in [0, 0.05) is 25.5 Å². The Morgan fingerprint density at radius 1 is 1.44 bits per heavy atom. The molecule has 1 aromatic heterocycles. The largest absolute Gasteiger partial charge is 0.398 e. The summed E-state index contributed by atoms with van der Waals surface area (Å²) in [4.78, 5) is 11.6. The van der Waals surface area contributed by atoms with E-state index in [0.29, 0.717) is 36.5 Å². The van der Waals surface area contributed by atoms with Crippen molar-refractivity contribution in [2.45, 2.75) is 6.54 Å². The fourth-order valence-electron chi connectivity index (χ4n) is 1.19. The first kappa shape index (κ1) is 13.2. The van der Waals surface area contributed by atoms with Gasteiger partial charge in [-0.3, -0.25) is 4.79 Å². The maximum absolute atomic E-state index is 11.6. The van der Waals surface area contributed by atoms with Gasteiger partial charge in [-0.25, -0.2) is 0 Å². The van der Waals surface area contributed by atoms with Gasteiger partial charge in [0.15, 0.2) is 0 Å². The average Bonchev–Trinajstić information content (AvgIpc) is 2.24. The van der Waals surface area contributed by atoms with E-state index < -0.39 is 0 Å². The molecule has 0 unspecified atom stereocenters. The van der Waals surface area contributed by atoms with Crippen LogP contribution in [0, 0.1) is 0 Å². The van der Waals surface area contributed by atoms with Crippen molar-refractivity contribution in [2.75, 3.05) is 32.7 Å². The van der Waals surface area contributed by atoms with E-state index in [4.69, 9.17) is 15.2 Å². The Labute approximate surface area is 102 Å². The minimum Gasteiger partial charge on any atom is -0.398 e. The van der Waals surface area contributed by atoms with Crippen molar-refractivity contribution in [2.24, 2.45) is 0 Å². The lowest BCUT2D eigenvalue weighted by molar-refractivity contribution is 0.0663. The van der Waals surface area contributed by atoms with Gasteiger partial charge in [0.1, 0.15) is 0 Å². The van der Waals surface area contributed by atoms with Crippen LogP contribution in [0.1, 0.15) is 0 Å². The molecule has 0 aliphatic carbocycles.